The second kappa shape index (κ2) is 8.81. The van der Waals surface area contributed by atoms with Gasteiger partial charge in [0.1, 0.15) is 11.5 Å². The van der Waals surface area contributed by atoms with Gasteiger partial charge in [0.15, 0.2) is 0 Å². The highest BCUT2D eigenvalue weighted by atomic mass is 32.2. The molecule has 1 heterocycles. The number of morpholine rings is 1. The average Bonchev–Trinajstić information content (AvgIpc) is 2.74. The van der Waals surface area contributed by atoms with Crippen molar-refractivity contribution in [3.05, 3.63) is 47.5 Å². The summed E-state index contributed by atoms with van der Waals surface area (Å²) in [5.41, 5.74) is 1.40. The maximum atomic E-state index is 12.9. The highest BCUT2D eigenvalue weighted by Gasteiger charge is 2.27. The van der Waals surface area contributed by atoms with E-state index in [9.17, 15) is 13.2 Å². The molecule has 1 saturated heterocycles. The van der Waals surface area contributed by atoms with Crippen LogP contribution in [-0.4, -0.2) is 59.2 Å². The predicted octanol–water partition coefficient (Wildman–Crippen LogP) is 2.29. The molecule has 3 rings (SSSR count). The Morgan fingerprint density at radius 3 is 2.45 bits per heavy atom. The fourth-order valence-electron chi connectivity index (χ4n) is 3.03. The topological polar surface area (TPSA) is 94.2 Å². The molecule has 0 radical (unpaired) electrons. The van der Waals surface area contributed by atoms with Crippen molar-refractivity contribution in [2.75, 3.05) is 45.8 Å². The summed E-state index contributed by atoms with van der Waals surface area (Å²) in [5.74, 6) is 0.604. The van der Waals surface area contributed by atoms with Gasteiger partial charge in [0, 0.05) is 24.7 Å². The van der Waals surface area contributed by atoms with Crippen LogP contribution in [0.15, 0.2) is 41.3 Å². The number of aryl methyl sites for hydroxylation is 1. The number of nitrogens with zero attached hydrogens (tertiary/aromatic N) is 1. The van der Waals surface area contributed by atoms with E-state index in [0.29, 0.717) is 49.1 Å². The van der Waals surface area contributed by atoms with Crippen LogP contribution in [0.1, 0.15) is 15.9 Å². The average molecular weight is 420 g/mol. The van der Waals surface area contributed by atoms with Crippen LogP contribution in [0.5, 0.6) is 11.5 Å². The molecule has 0 saturated carbocycles. The van der Waals surface area contributed by atoms with Gasteiger partial charge in [-0.2, -0.15) is 4.31 Å². The molecule has 156 valence electrons. The van der Waals surface area contributed by atoms with E-state index in [1.807, 2.05) is 0 Å². The van der Waals surface area contributed by atoms with Crippen LogP contribution in [0.3, 0.4) is 0 Å². The highest BCUT2D eigenvalue weighted by Crippen LogP contribution is 2.30. The van der Waals surface area contributed by atoms with E-state index in [1.54, 1.807) is 31.2 Å². The van der Waals surface area contributed by atoms with Crippen molar-refractivity contribution in [2.24, 2.45) is 0 Å². The van der Waals surface area contributed by atoms with Crippen LogP contribution in [0, 0.1) is 6.92 Å². The van der Waals surface area contributed by atoms with Crippen molar-refractivity contribution in [1.82, 2.24) is 4.31 Å². The lowest BCUT2D eigenvalue weighted by atomic mass is 10.1. The van der Waals surface area contributed by atoms with Gasteiger partial charge >= 0.3 is 0 Å². The third kappa shape index (κ3) is 4.52. The number of carbonyl (C=O) groups excluding carboxylic acids is 1. The fraction of sp³-hybridized carbons (Fsp3) is 0.350. The number of benzene rings is 2. The van der Waals surface area contributed by atoms with Crippen LogP contribution >= 0.6 is 0 Å². The number of amides is 1. The van der Waals surface area contributed by atoms with E-state index >= 15 is 0 Å². The van der Waals surface area contributed by atoms with Crippen molar-refractivity contribution in [2.45, 2.75) is 11.8 Å². The quantitative estimate of drug-likeness (QED) is 0.771. The Kier molecular flexibility index (Phi) is 6.41. The Morgan fingerprint density at radius 1 is 1.07 bits per heavy atom. The van der Waals surface area contributed by atoms with Gasteiger partial charge in [-0.15, -0.1) is 0 Å². The van der Waals surface area contributed by atoms with E-state index in [-0.39, 0.29) is 10.5 Å². The standard InChI is InChI=1S/C20H24N2O6S/c1-14-4-6-16(29(24,25)22-8-10-28-11-9-22)13-17(14)20(23)21-18-7-5-15(26-2)12-19(18)27-3/h4-7,12-13H,8-11H2,1-3H3,(H,21,23). The first-order chi connectivity index (χ1) is 13.9. The van der Waals surface area contributed by atoms with Gasteiger partial charge in [0.25, 0.3) is 5.91 Å². The van der Waals surface area contributed by atoms with Crippen LogP contribution in [0.4, 0.5) is 5.69 Å². The number of ether oxygens (including phenoxy) is 3. The van der Waals surface area contributed by atoms with E-state index in [1.165, 1.54) is 30.7 Å². The number of carbonyl (C=O) groups is 1. The molecule has 1 aliphatic rings. The van der Waals surface area contributed by atoms with Crippen LogP contribution in [0.2, 0.25) is 0 Å². The molecule has 2 aromatic carbocycles. The van der Waals surface area contributed by atoms with Crippen LogP contribution in [0.25, 0.3) is 0 Å². The number of nitrogens with one attached hydrogen (secondary N) is 1. The van der Waals surface area contributed by atoms with Crippen molar-refractivity contribution in [3.8, 4) is 11.5 Å². The summed E-state index contributed by atoms with van der Waals surface area (Å²) in [4.78, 5) is 13.0. The van der Waals surface area contributed by atoms with Gasteiger partial charge in [-0.3, -0.25) is 4.79 Å². The number of hydrogen-bond acceptors (Lipinski definition) is 6. The molecule has 0 unspecified atom stereocenters. The lowest BCUT2D eigenvalue weighted by molar-refractivity contribution is 0.0730. The van der Waals surface area contributed by atoms with Gasteiger partial charge in [-0.1, -0.05) is 6.07 Å². The maximum absolute atomic E-state index is 12.9. The SMILES string of the molecule is COc1ccc(NC(=O)c2cc(S(=O)(=O)N3CCOCC3)ccc2C)c(OC)c1. The summed E-state index contributed by atoms with van der Waals surface area (Å²) in [6, 6.07) is 9.58. The molecular formula is C20H24N2O6S. The second-order valence-corrected chi connectivity index (χ2v) is 8.45. The Balaban J connectivity index is 1.89. The largest absolute Gasteiger partial charge is 0.497 e. The van der Waals surface area contributed by atoms with Crippen molar-refractivity contribution >= 4 is 21.6 Å². The molecule has 1 N–H and O–H groups in total. The van der Waals surface area contributed by atoms with E-state index in [4.69, 9.17) is 14.2 Å². The summed E-state index contributed by atoms with van der Waals surface area (Å²) in [6.07, 6.45) is 0. The van der Waals surface area contributed by atoms with Crippen molar-refractivity contribution < 1.29 is 27.4 Å². The highest BCUT2D eigenvalue weighted by molar-refractivity contribution is 7.89. The third-order valence-electron chi connectivity index (χ3n) is 4.72. The number of anilines is 1. The number of rotatable bonds is 6. The lowest BCUT2D eigenvalue weighted by Crippen LogP contribution is -2.40. The monoisotopic (exact) mass is 420 g/mol. The van der Waals surface area contributed by atoms with Gasteiger partial charge < -0.3 is 19.5 Å². The minimum Gasteiger partial charge on any atom is -0.497 e. The predicted molar refractivity (Wildman–Crippen MR) is 108 cm³/mol. The molecule has 9 heteroatoms. The normalized spacial score (nSPS) is 15.0. The molecule has 2 aromatic rings. The first kappa shape index (κ1) is 21.1. The maximum Gasteiger partial charge on any atom is 0.256 e. The summed E-state index contributed by atoms with van der Waals surface area (Å²) >= 11 is 0. The molecule has 29 heavy (non-hydrogen) atoms. The van der Waals surface area contributed by atoms with Gasteiger partial charge in [-0.25, -0.2) is 8.42 Å². The Hall–Kier alpha value is -2.62. The molecule has 0 spiro atoms. The molecule has 0 atom stereocenters. The van der Waals surface area contributed by atoms with Gasteiger partial charge in [0.2, 0.25) is 10.0 Å². The summed E-state index contributed by atoms with van der Waals surface area (Å²) in [6.45, 7) is 3.05. The first-order valence-corrected chi connectivity index (χ1v) is 10.5. The number of hydrogen-bond donors (Lipinski definition) is 1. The van der Waals surface area contributed by atoms with E-state index in [2.05, 4.69) is 5.32 Å². The zero-order valence-electron chi connectivity index (χ0n) is 16.6. The van der Waals surface area contributed by atoms with Gasteiger partial charge in [0.05, 0.1) is 38.0 Å². The molecular weight excluding hydrogens is 396 g/mol. The Morgan fingerprint density at radius 2 is 1.79 bits per heavy atom. The lowest BCUT2D eigenvalue weighted by Gasteiger charge is -2.26. The van der Waals surface area contributed by atoms with E-state index in [0.717, 1.165) is 0 Å². The first-order valence-electron chi connectivity index (χ1n) is 9.08. The number of sulfonamides is 1. The van der Waals surface area contributed by atoms with Crippen molar-refractivity contribution in [3.63, 3.8) is 0 Å². The molecule has 0 aromatic heterocycles. The molecule has 0 bridgehead atoms. The summed E-state index contributed by atoms with van der Waals surface area (Å²) < 4.78 is 42.9. The Bertz CT molecular complexity index is 1000. The Labute approximate surface area is 170 Å². The van der Waals surface area contributed by atoms with Crippen LogP contribution < -0.4 is 14.8 Å². The second-order valence-electron chi connectivity index (χ2n) is 6.51. The van der Waals surface area contributed by atoms with E-state index < -0.39 is 15.9 Å². The number of methoxy groups -OCH3 is 2. The minimum absolute atomic E-state index is 0.0804. The van der Waals surface area contributed by atoms with Gasteiger partial charge in [-0.05, 0) is 36.8 Å². The minimum atomic E-state index is -3.70. The molecule has 0 aliphatic carbocycles. The summed E-state index contributed by atoms with van der Waals surface area (Å²) in [7, 11) is -0.668. The zero-order chi connectivity index (χ0) is 21.0. The smallest absolute Gasteiger partial charge is 0.256 e. The van der Waals surface area contributed by atoms with Crippen LogP contribution in [-0.2, 0) is 14.8 Å². The zero-order valence-corrected chi connectivity index (χ0v) is 17.4. The molecule has 1 fully saturated rings. The van der Waals surface area contributed by atoms with Crippen molar-refractivity contribution in [1.29, 1.82) is 0 Å². The third-order valence-corrected chi connectivity index (χ3v) is 6.61. The molecule has 8 nitrogen and oxygen atoms in total. The summed E-state index contributed by atoms with van der Waals surface area (Å²) in [5, 5.41) is 2.78. The molecule has 1 aliphatic heterocycles. The fourth-order valence-corrected chi connectivity index (χ4v) is 4.47. The molecule has 1 amide bonds.